The van der Waals surface area contributed by atoms with Crippen LogP contribution in [0.2, 0.25) is 0 Å². The number of carbonyl (C=O) groups excluding carboxylic acids is 1. The summed E-state index contributed by atoms with van der Waals surface area (Å²) in [5.41, 5.74) is 0. The van der Waals surface area contributed by atoms with E-state index in [0.717, 1.165) is 25.1 Å². The first-order valence-electron chi connectivity index (χ1n) is 8.26. The summed E-state index contributed by atoms with van der Waals surface area (Å²) in [7, 11) is 0. The van der Waals surface area contributed by atoms with Crippen LogP contribution in [-0.2, 0) is 0 Å². The van der Waals surface area contributed by atoms with E-state index in [4.69, 9.17) is 4.74 Å². The number of imidazole rings is 1. The molecule has 0 unspecified atom stereocenters. The number of para-hydroxylation sites is 1. The highest BCUT2D eigenvalue weighted by Gasteiger charge is 2.14. The number of aromatic nitrogens is 2. The van der Waals surface area contributed by atoms with E-state index in [9.17, 15) is 4.79 Å². The van der Waals surface area contributed by atoms with Crippen molar-refractivity contribution in [2.24, 2.45) is 0 Å². The summed E-state index contributed by atoms with van der Waals surface area (Å²) in [5.74, 6) is 0.827. The highest BCUT2D eigenvalue weighted by Crippen LogP contribution is 2.09. The molecule has 23 heavy (non-hydrogen) atoms. The largest absolute Gasteiger partial charge is 0.492 e. The van der Waals surface area contributed by atoms with Crippen LogP contribution in [0.25, 0.3) is 0 Å². The Hall–Kier alpha value is -2.30. The Kier molecular flexibility index (Phi) is 7.17. The summed E-state index contributed by atoms with van der Waals surface area (Å²) in [6.07, 6.45) is 9.38. The highest BCUT2D eigenvalue weighted by atomic mass is 16.5. The molecule has 0 fully saturated rings. The molecule has 0 aliphatic heterocycles. The van der Waals surface area contributed by atoms with E-state index in [1.165, 1.54) is 17.4 Å². The molecule has 0 saturated carbocycles. The molecule has 0 radical (unpaired) electrons. The zero-order valence-corrected chi connectivity index (χ0v) is 13.7. The van der Waals surface area contributed by atoms with Crippen LogP contribution in [0.3, 0.4) is 0 Å². The number of hydrogen-bond acceptors (Lipinski definition) is 3. The number of benzene rings is 1. The van der Waals surface area contributed by atoms with Crippen molar-refractivity contribution in [1.82, 2.24) is 14.5 Å². The van der Waals surface area contributed by atoms with E-state index in [2.05, 4.69) is 11.9 Å². The molecule has 5 nitrogen and oxygen atoms in total. The van der Waals surface area contributed by atoms with Crippen LogP contribution in [-0.4, -0.2) is 40.2 Å². The monoisotopic (exact) mass is 315 g/mol. The lowest BCUT2D eigenvalue weighted by atomic mass is 10.2. The summed E-state index contributed by atoms with van der Waals surface area (Å²) >= 11 is 0. The third kappa shape index (κ3) is 5.77. The van der Waals surface area contributed by atoms with Gasteiger partial charge in [-0.05, 0) is 18.6 Å². The second kappa shape index (κ2) is 9.66. The van der Waals surface area contributed by atoms with Gasteiger partial charge in [0.2, 0.25) is 0 Å². The fraction of sp³-hybridized carbons (Fsp3) is 0.444. The van der Waals surface area contributed by atoms with Crippen molar-refractivity contribution in [3.05, 3.63) is 49.1 Å². The van der Waals surface area contributed by atoms with Crippen molar-refractivity contribution in [3.8, 4) is 5.75 Å². The average Bonchev–Trinajstić information content (AvgIpc) is 3.12. The number of amides is 1. The van der Waals surface area contributed by atoms with Gasteiger partial charge < -0.3 is 9.64 Å². The smallest absolute Gasteiger partial charge is 0.329 e. The molecule has 2 aromatic rings. The first-order valence-corrected chi connectivity index (χ1v) is 8.26. The van der Waals surface area contributed by atoms with Crippen molar-refractivity contribution in [2.45, 2.75) is 32.6 Å². The topological polar surface area (TPSA) is 47.4 Å². The predicted octanol–water partition coefficient (Wildman–Crippen LogP) is 3.81. The molecule has 2 rings (SSSR count). The van der Waals surface area contributed by atoms with E-state index < -0.39 is 0 Å². The third-order valence-electron chi connectivity index (χ3n) is 3.65. The summed E-state index contributed by atoms with van der Waals surface area (Å²) in [4.78, 5) is 18.3. The average molecular weight is 315 g/mol. The molecule has 1 aromatic carbocycles. The van der Waals surface area contributed by atoms with Crippen LogP contribution in [0.1, 0.15) is 32.6 Å². The molecule has 124 valence electrons. The van der Waals surface area contributed by atoms with Crippen LogP contribution in [0, 0.1) is 0 Å². The molecule has 1 amide bonds. The molecule has 0 aliphatic carbocycles. The van der Waals surface area contributed by atoms with Crippen molar-refractivity contribution in [2.75, 3.05) is 19.7 Å². The summed E-state index contributed by atoms with van der Waals surface area (Å²) in [5, 5.41) is 0. The normalized spacial score (nSPS) is 10.5. The van der Waals surface area contributed by atoms with E-state index >= 15 is 0 Å². The van der Waals surface area contributed by atoms with Gasteiger partial charge in [-0.3, -0.25) is 4.57 Å². The van der Waals surface area contributed by atoms with E-state index in [0.29, 0.717) is 13.2 Å². The number of carbonyl (C=O) groups is 1. The van der Waals surface area contributed by atoms with Gasteiger partial charge in [-0.15, -0.1) is 0 Å². The van der Waals surface area contributed by atoms with Gasteiger partial charge >= 0.3 is 6.03 Å². The van der Waals surface area contributed by atoms with Crippen LogP contribution in [0.15, 0.2) is 49.1 Å². The van der Waals surface area contributed by atoms with Crippen LogP contribution < -0.4 is 4.74 Å². The first-order chi connectivity index (χ1) is 11.3. The molecular weight excluding hydrogens is 290 g/mol. The lowest BCUT2D eigenvalue weighted by Gasteiger charge is -2.22. The number of unbranched alkanes of at least 4 members (excludes halogenated alkanes) is 3. The highest BCUT2D eigenvalue weighted by molar-refractivity contribution is 5.76. The van der Waals surface area contributed by atoms with E-state index in [1.807, 2.05) is 35.2 Å². The Morgan fingerprint density at radius 2 is 2.00 bits per heavy atom. The standard InChI is InChI=1S/C18H25N3O2/c1-2-3-4-8-12-20(18(22)21-13-11-19-16-21)14-15-23-17-9-6-5-7-10-17/h5-7,9-11,13,16H,2-4,8,12,14-15H2,1H3. The van der Waals surface area contributed by atoms with E-state index in [-0.39, 0.29) is 6.03 Å². The van der Waals surface area contributed by atoms with Gasteiger partial charge in [-0.1, -0.05) is 44.4 Å². The van der Waals surface area contributed by atoms with Gasteiger partial charge in [0, 0.05) is 18.9 Å². The zero-order chi connectivity index (χ0) is 16.3. The molecule has 0 saturated heterocycles. The van der Waals surface area contributed by atoms with Gasteiger partial charge in [0.25, 0.3) is 0 Å². The fourth-order valence-corrected chi connectivity index (χ4v) is 2.36. The minimum absolute atomic E-state index is 0.0457. The number of hydrogen-bond donors (Lipinski definition) is 0. The second-order valence-electron chi connectivity index (χ2n) is 5.46. The van der Waals surface area contributed by atoms with Gasteiger partial charge in [0.15, 0.2) is 0 Å². The zero-order valence-electron chi connectivity index (χ0n) is 13.7. The van der Waals surface area contributed by atoms with Gasteiger partial charge in [-0.2, -0.15) is 0 Å². The molecule has 0 N–H and O–H groups in total. The maximum atomic E-state index is 12.5. The number of ether oxygens (including phenoxy) is 1. The maximum Gasteiger partial charge on any atom is 0.329 e. The lowest BCUT2D eigenvalue weighted by Crippen LogP contribution is -2.38. The lowest BCUT2D eigenvalue weighted by molar-refractivity contribution is 0.182. The van der Waals surface area contributed by atoms with Crippen molar-refractivity contribution in [1.29, 1.82) is 0 Å². The summed E-state index contributed by atoms with van der Waals surface area (Å²) < 4.78 is 7.23. The Morgan fingerprint density at radius 1 is 1.17 bits per heavy atom. The minimum Gasteiger partial charge on any atom is -0.492 e. The Morgan fingerprint density at radius 3 is 2.70 bits per heavy atom. The number of rotatable bonds is 9. The van der Waals surface area contributed by atoms with E-state index in [1.54, 1.807) is 18.7 Å². The fourth-order valence-electron chi connectivity index (χ4n) is 2.36. The first kappa shape index (κ1) is 17.1. The maximum absolute atomic E-state index is 12.5. The van der Waals surface area contributed by atoms with Crippen molar-refractivity contribution in [3.63, 3.8) is 0 Å². The van der Waals surface area contributed by atoms with Crippen LogP contribution in [0.4, 0.5) is 4.79 Å². The second-order valence-corrected chi connectivity index (χ2v) is 5.46. The predicted molar refractivity (Wildman–Crippen MR) is 90.7 cm³/mol. The Labute approximate surface area is 137 Å². The van der Waals surface area contributed by atoms with Gasteiger partial charge in [-0.25, -0.2) is 9.78 Å². The summed E-state index contributed by atoms with van der Waals surface area (Å²) in [6, 6.07) is 9.63. The molecule has 0 spiro atoms. The molecular formula is C18H25N3O2. The van der Waals surface area contributed by atoms with Crippen molar-refractivity contribution >= 4 is 6.03 Å². The molecule has 1 aromatic heterocycles. The molecule has 5 heteroatoms. The molecule has 0 bridgehead atoms. The Balaban J connectivity index is 1.86. The van der Waals surface area contributed by atoms with Crippen LogP contribution >= 0.6 is 0 Å². The Bertz CT molecular complexity index is 555. The molecule has 0 atom stereocenters. The van der Waals surface area contributed by atoms with Crippen LogP contribution in [0.5, 0.6) is 5.75 Å². The third-order valence-corrected chi connectivity index (χ3v) is 3.65. The van der Waals surface area contributed by atoms with Crippen molar-refractivity contribution < 1.29 is 9.53 Å². The quantitative estimate of drug-likeness (QED) is 0.661. The molecule has 0 aliphatic rings. The number of nitrogens with zero attached hydrogens (tertiary/aromatic N) is 3. The minimum atomic E-state index is -0.0457. The summed E-state index contributed by atoms with van der Waals surface area (Å²) in [6.45, 7) is 3.98. The van der Waals surface area contributed by atoms with Gasteiger partial charge in [0.1, 0.15) is 18.7 Å². The van der Waals surface area contributed by atoms with Gasteiger partial charge in [0.05, 0.1) is 6.54 Å². The molecule has 1 heterocycles. The SMILES string of the molecule is CCCCCCN(CCOc1ccccc1)C(=O)n1ccnc1.